The maximum Gasteiger partial charge on any atom is 0.157 e. The number of para-hydroxylation sites is 1. The number of nitrogens with one attached hydrogen (secondary N) is 1. The molecule has 1 aromatic carbocycles. The van der Waals surface area contributed by atoms with Crippen LogP contribution in [0.2, 0.25) is 0 Å². The number of nitrogens with zero attached hydrogens (tertiary/aromatic N) is 5. The molecule has 0 aliphatic rings. The summed E-state index contributed by atoms with van der Waals surface area (Å²) in [6, 6.07) is 14.3. The van der Waals surface area contributed by atoms with Gasteiger partial charge in [0.05, 0.1) is 17.4 Å². The van der Waals surface area contributed by atoms with Crippen molar-refractivity contribution in [2.75, 3.05) is 5.32 Å². The Morgan fingerprint density at radius 3 is 2.68 bits per heavy atom. The maximum atomic E-state index is 4.55. The summed E-state index contributed by atoms with van der Waals surface area (Å²) in [4.78, 5) is 4.54. The average Bonchev–Trinajstić information content (AvgIpc) is 3.23. The normalized spacial score (nSPS) is 12.4. The Kier molecular flexibility index (Phi) is 3.72. The fourth-order valence-corrected chi connectivity index (χ4v) is 3.09. The molecular formula is C19H20N6. The van der Waals surface area contributed by atoms with E-state index in [2.05, 4.69) is 39.6 Å². The Morgan fingerprint density at radius 1 is 1.04 bits per heavy atom. The lowest BCUT2D eigenvalue weighted by atomic mass is 10.1. The number of anilines is 1. The van der Waals surface area contributed by atoms with Crippen molar-refractivity contribution in [2.45, 2.75) is 26.8 Å². The van der Waals surface area contributed by atoms with Gasteiger partial charge in [0.1, 0.15) is 5.82 Å². The van der Waals surface area contributed by atoms with Gasteiger partial charge in [-0.3, -0.25) is 0 Å². The molecule has 0 unspecified atom stereocenters. The number of hydrogen-bond acceptors (Lipinski definition) is 4. The Bertz CT molecular complexity index is 1020. The molecule has 4 rings (SSSR count). The SMILES string of the molecule is Cc1cc(N[C@@H](C)c2ccccc2-n2cccn2)n2nc(C)cc2n1. The lowest BCUT2D eigenvalue weighted by Gasteiger charge is -2.19. The molecule has 6 nitrogen and oxygen atoms in total. The zero-order valence-electron chi connectivity index (χ0n) is 14.5. The van der Waals surface area contributed by atoms with Crippen LogP contribution in [0.5, 0.6) is 0 Å². The number of aromatic nitrogens is 5. The number of aryl methyl sites for hydroxylation is 2. The van der Waals surface area contributed by atoms with E-state index >= 15 is 0 Å². The van der Waals surface area contributed by atoms with Gasteiger partial charge in [-0.1, -0.05) is 18.2 Å². The van der Waals surface area contributed by atoms with Gasteiger partial charge in [-0.25, -0.2) is 9.67 Å². The van der Waals surface area contributed by atoms with Crippen LogP contribution < -0.4 is 5.32 Å². The monoisotopic (exact) mass is 332 g/mol. The molecule has 0 aliphatic heterocycles. The molecule has 25 heavy (non-hydrogen) atoms. The Hall–Kier alpha value is -3.15. The van der Waals surface area contributed by atoms with Crippen LogP contribution in [-0.4, -0.2) is 24.4 Å². The van der Waals surface area contributed by atoms with E-state index < -0.39 is 0 Å². The summed E-state index contributed by atoms with van der Waals surface area (Å²) >= 11 is 0. The minimum Gasteiger partial charge on any atom is -0.363 e. The van der Waals surface area contributed by atoms with Crippen molar-refractivity contribution >= 4 is 11.5 Å². The standard InChI is InChI=1S/C19H20N6/c1-13-11-19(25-18(21-13)12-14(2)23-25)22-15(3)16-7-4-5-8-17(16)24-10-6-9-20-24/h4-12,15,22H,1-3H3/t15-/m0/s1. The topological polar surface area (TPSA) is 60.0 Å². The van der Waals surface area contributed by atoms with Crippen LogP contribution >= 0.6 is 0 Å². The van der Waals surface area contributed by atoms with Gasteiger partial charge in [0.2, 0.25) is 0 Å². The lowest BCUT2D eigenvalue weighted by Crippen LogP contribution is -2.14. The van der Waals surface area contributed by atoms with E-state index in [4.69, 9.17) is 0 Å². The highest BCUT2D eigenvalue weighted by atomic mass is 15.3. The molecule has 3 aromatic heterocycles. The molecule has 0 fully saturated rings. The third-order valence-electron chi connectivity index (χ3n) is 4.20. The summed E-state index contributed by atoms with van der Waals surface area (Å²) in [5.41, 5.74) is 4.99. The van der Waals surface area contributed by atoms with Crippen molar-refractivity contribution in [3.05, 3.63) is 71.8 Å². The van der Waals surface area contributed by atoms with E-state index in [1.54, 1.807) is 6.20 Å². The first-order valence-corrected chi connectivity index (χ1v) is 8.31. The maximum absolute atomic E-state index is 4.55. The first kappa shape index (κ1) is 15.4. The zero-order valence-corrected chi connectivity index (χ0v) is 14.5. The highest BCUT2D eigenvalue weighted by molar-refractivity contribution is 5.53. The van der Waals surface area contributed by atoms with Gasteiger partial charge < -0.3 is 5.32 Å². The minimum atomic E-state index is 0.0786. The number of hydrogen-bond donors (Lipinski definition) is 1. The van der Waals surface area contributed by atoms with Crippen molar-refractivity contribution < 1.29 is 0 Å². The minimum absolute atomic E-state index is 0.0786. The average molecular weight is 332 g/mol. The third kappa shape index (κ3) is 2.87. The van der Waals surface area contributed by atoms with Crippen molar-refractivity contribution in [3.8, 4) is 5.69 Å². The molecule has 3 heterocycles. The third-order valence-corrected chi connectivity index (χ3v) is 4.20. The molecule has 1 atom stereocenters. The molecular weight excluding hydrogens is 312 g/mol. The molecule has 0 saturated carbocycles. The van der Waals surface area contributed by atoms with Crippen LogP contribution in [0.25, 0.3) is 11.3 Å². The number of rotatable bonds is 4. The number of fused-ring (bicyclic) bond motifs is 1. The number of benzene rings is 1. The van der Waals surface area contributed by atoms with Crippen LogP contribution in [0, 0.1) is 13.8 Å². The van der Waals surface area contributed by atoms with Gasteiger partial charge in [-0.2, -0.15) is 14.7 Å². The van der Waals surface area contributed by atoms with Crippen molar-refractivity contribution in [2.24, 2.45) is 0 Å². The summed E-state index contributed by atoms with van der Waals surface area (Å²) in [7, 11) is 0. The Balaban J connectivity index is 1.73. The fourth-order valence-electron chi connectivity index (χ4n) is 3.09. The lowest BCUT2D eigenvalue weighted by molar-refractivity contribution is 0.800. The summed E-state index contributed by atoms with van der Waals surface area (Å²) in [5.74, 6) is 0.929. The highest BCUT2D eigenvalue weighted by Crippen LogP contribution is 2.25. The first-order valence-electron chi connectivity index (χ1n) is 8.31. The zero-order chi connectivity index (χ0) is 17.4. The molecule has 0 radical (unpaired) electrons. The van der Waals surface area contributed by atoms with Crippen LogP contribution in [0.3, 0.4) is 0 Å². The van der Waals surface area contributed by atoms with Crippen molar-refractivity contribution in [3.63, 3.8) is 0 Å². The predicted octanol–water partition coefficient (Wildman–Crippen LogP) is 3.70. The van der Waals surface area contributed by atoms with Gasteiger partial charge in [-0.05, 0) is 38.5 Å². The first-order chi connectivity index (χ1) is 12.1. The van der Waals surface area contributed by atoms with E-state index in [0.717, 1.165) is 34.1 Å². The fraction of sp³-hybridized carbons (Fsp3) is 0.211. The molecule has 126 valence electrons. The van der Waals surface area contributed by atoms with Crippen LogP contribution in [-0.2, 0) is 0 Å². The molecule has 0 aliphatic carbocycles. The Morgan fingerprint density at radius 2 is 1.88 bits per heavy atom. The van der Waals surface area contributed by atoms with E-state index in [1.165, 1.54) is 0 Å². The second kappa shape index (κ2) is 6.05. The van der Waals surface area contributed by atoms with Crippen molar-refractivity contribution in [1.82, 2.24) is 24.4 Å². The van der Waals surface area contributed by atoms with Gasteiger partial charge in [0.15, 0.2) is 5.65 Å². The summed E-state index contributed by atoms with van der Waals surface area (Å²) < 4.78 is 3.74. The second-order valence-corrected chi connectivity index (χ2v) is 6.21. The second-order valence-electron chi connectivity index (χ2n) is 6.21. The smallest absolute Gasteiger partial charge is 0.157 e. The van der Waals surface area contributed by atoms with E-state index in [-0.39, 0.29) is 6.04 Å². The summed E-state index contributed by atoms with van der Waals surface area (Å²) in [5, 5.41) is 12.5. The van der Waals surface area contributed by atoms with Crippen LogP contribution in [0.4, 0.5) is 5.82 Å². The molecule has 0 bridgehead atoms. The molecule has 4 aromatic rings. The van der Waals surface area contributed by atoms with Gasteiger partial charge in [0, 0.05) is 30.2 Å². The molecule has 6 heteroatoms. The van der Waals surface area contributed by atoms with Gasteiger partial charge >= 0.3 is 0 Å². The van der Waals surface area contributed by atoms with Crippen molar-refractivity contribution in [1.29, 1.82) is 0 Å². The highest BCUT2D eigenvalue weighted by Gasteiger charge is 2.14. The van der Waals surface area contributed by atoms with Gasteiger partial charge in [-0.15, -0.1) is 0 Å². The quantitative estimate of drug-likeness (QED) is 0.619. The predicted molar refractivity (Wildman–Crippen MR) is 98.1 cm³/mol. The van der Waals surface area contributed by atoms with Crippen LogP contribution in [0.15, 0.2) is 54.9 Å². The van der Waals surface area contributed by atoms with E-state index in [0.29, 0.717) is 0 Å². The molecule has 0 amide bonds. The summed E-state index contributed by atoms with van der Waals surface area (Å²) in [6.07, 6.45) is 3.74. The molecule has 1 N–H and O–H groups in total. The molecule has 0 spiro atoms. The van der Waals surface area contributed by atoms with E-state index in [1.807, 2.05) is 59.6 Å². The van der Waals surface area contributed by atoms with Gasteiger partial charge in [0.25, 0.3) is 0 Å². The molecule has 0 saturated heterocycles. The van der Waals surface area contributed by atoms with Crippen LogP contribution in [0.1, 0.15) is 29.9 Å². The summed E-state index contributed by atoms with van der Waals surface area (Å²) in [6.45, 7) is 6.11. The largest absolute Gasteiger partial charge is 0.363 e. The van der Waals surface area contributed by atoms with E-state index in [9.17, 15) is 0 Å². The Labute approximate surface area is 146 Å².